The molecular formula is C13H22N4S. The third-order valence-electron chi connectivity index (χ3n) is 3.33. The second kappa shape index (κ2) is 7.07. The van der Waals surface area contributed by atoms with Crippen LogP contribution in [0, 0.1) is 0 Å². The molecule has 2 rings (SSSR count). The average Bonchev–Trinajstić information content (AvgIpc) is 3.11. The molecule has 2 aliphatic rings. The van der Waals surface area contributed by atoms with Gasteiger partial charge in [-0.1, -0.05) is 11.9 Å². The van der Waals surface area contributed by atoms with Crippen molar-refractivity contribution in [3.05, 3.63) is 11.8 Å². The van der Waals surface area contributed by atoms with Gasteiger partial charge in [0.2, 0.25) is 0 Å². The third kappa shape index (κ3) is 4.23. The van der Waals surface area contributed by atoms with Crippen molar-refractivity contribution in [1.82, 2.24) is 9.62 Å². The maximum Gasteiger partial charge on any atom is 0.0973 e. The molecule has 1 atom stereocenters. The highest BCUT2D eigenvalue weighted by Crippen LogP contribution is 2.31. The summed E-state index contributed by atoms with van der Waals surface area (Å²) in [5.41, 5.74) is 1.04. The summed E-state index contributed by atoms with van der Waals surface area (Å²) in [4.78, 5) is 10.8. The Hall–Kier alpha value is -0.650. The van der Waals surface area contributed by atoms with E-state index in [9.17, 15) is 0 Å². The van der Waals surface area contributed by atoms with Crippen molar-refractivity contribution >= 4 is 24.9 Å². The van der Waals surface area contributed by atoms with Crippen LogP contribution in [0.5, 0.6) is 0 Å². The summed E-state index contributed by atoms with van der Waals surface area (Å²) in [5, 5.41) is 0.827. The van der Waals surface area contributed by atoms with Gasteiger partial charge in [0.15, 0.2) is 0 Å². The molecule has 1 saturated heterocycles. The van der Waals surface area contributed by atoms with Gasteiger partial charge in [-0.25, -0.2) is 4.72 Å². The zero-order chi connectivity index (χ0) is 12.8. The van der Waals surface area contributed by atoms with Gasteiger partial charge in [-0.2, -0.15) is 0 Å². The Labute approximate surface area is 114 Å². The lowest BCUT2D eigenvalue weighted by Crippen LogP contribution is -2.26. The monoisotopic (exact) mass is 266 g/mol. The second-order valence-corrected chi connectivity index (χ2v) is 6.03. The minimum absolute atomic E-state index is 0.419. The number of hydrogen-bond donors (Lipinski definition) is 1. The van der Waals surface area contributed by atoms with Gasteiger partial charge in [0.25, 0.3) is 0 Å². The summed E-state index contributed by atoms with van der Waals surface area (Å²) in [6.45, 7) is 5.48. The normalized spacial score (nSPS) is 26.1. The van der Waals surface area contributed by atoms with Gasteiger partial charge in [0, 0.05) is 11.5 Å². The molecule has 0 spiro atoms. The molecular weight excluding hydrogens is 244 g/mol. The molecule has 0 radical (unpaired) electrons. The molecule has 1 aliphatic carbocycles. The molecule has 2 fully saturated rings. The lowest BCUT2D eigenvalue weighted by molar-refractivity contribution is 0.344. The molecule has 1 aliphatic heterocycles. The molecule has 1 N–H and O–H groups in total. The predicted molar refractivity (Wildman–Crippen MR) is 80.4 cm³/mol. The summed E-state index contributed by atoms with van der Waals surface area (Å²) in [6, 6.07) is 0.419. The predicted octanol–water partition coefficient (Wildman–Crippen LogP) is 2.09. The number of aliphatic imine (C=N–C) groups is 2. The van der Waals surface area contributed by atoms with E-state index in [-0.39, 0.29) is 0 Å². The van der Waals surface area contributed by atoms with Gasteiger partial charge in [-0.05, 0) is 52.1 Å². The summed E-state index contributed by atoms with van der Waals surface area (Å²) >= 11 is 1.80. The number of hydrogen-bond acceptors (Lipinski definition) is 5. The van der Waals surface area contributed by atoms with E-state index in [1.807, 2.05) is 12.3 Å². The first-order chi connectivity index (χ1) is 8.81. The molecule has 0 bridgehead atoms. The van der Waals surface area contributed by atoms with Crippen molar-refractivity contribution in [3.63, 3.8) is 0 Å². The summed E-state index contributed by atoms with van der Waals surface area (Å²) in [6.07, 6.45) is 8.94. The fourth-order valence-electron chi connectivity index (χ4n) is 2.11. The minimum Gasteiger partial charge on any atom is -0.298 e. The lowest BCUT2D eigenvalue weighted by atomic mass is 10.1. The van der Waals surface area contributed by atoms with Crippen molar-refractivity contribution in [2.75, 3.05) is 20.3 Å². The molecule has 0 aromatic rings. The molecule has 5 heteroatoms. The van der Waals surface area contributed by atoms with Crippen LogP contribution in [0.15, 0.2) is 21.8 Å². The van der Waals surface area contributed by atoms with Crippen LogP contribution in [0.3, 0.4) is 0 Å². The Morgan fingerprint density at radius 1 is 1.50 bits per heavy atom. The van der Waals surface area contributed by atoms with Crippen molar-refractivity contribution in [1.29, 1.82) is 0 Å². The van der Waals surface area contributed by atoms with E-state index in [1.54, 1.807) is 11.9 Å². The van der Waals surface area contributed by atoms with E-state index in [4.69, 9.17) is 0 Å². The number of allylic oxidation sites excluding steroid dienone is 1. The first-order valence-corrected chi connectivity index (χ1v) is 7.44. The van der Waals surface area contributed by atoms with Crippen LogP contribution in [0.1, 0.15) is 25.7 Å². The Bertz CT molecular complexity index is 336. The van der Waals surface area contributed by atoms with Crippen LogP contribution in [0.4, 0.5) is 0 Å². The topological polar surface area (TPSA) is 40.0 Å². The zero-order valence-corrected chi connectivity index (χ0v) is 11.8. The summed E-state index contributed by atoms with van der Waals surface area (Å²) in [5.74, 6) is 0. The Kier molecular flexibility index (Phi) is 5.41. The largest absolute Gasteiger partial charge is 0.298 e. The first kappa shape index (κ1) is 13.8. The summed E-state index contributed by atoms with van der Waals surface area (Å²) < 4.78 is 3.25. The van der Waals surface area contributed by atoms with Gasteiger partial charge in [-0.3, -0.25) is 14.9 Å². The smallest absolute Gasteiger partial charge is 0.0973 e. The Balaban J connectivity index is 1.73. The first-order valence-electron chi connectivity index (χ1n) is 6.56. The number of rotatable bonds is 7. The van der Waals surface area contributed by atoms with Gasteiger partial charge in [0.1, 0.15) is 0 Å². The van der Waals surface area contributed by atoms with Crippen LogP contribution < -0.4 is 4.72 Å². The van der Waals surface area contributed by atoms with E-state index < -0.39 is 0 Å². The molecule has 0 aromatic carbocycles. The molecule has 0 amide bonds. The summed E-state index contributed by atoms with van der Waals surface area (Å²) in [7, 11) is 2.14. The maximum absolute atomic E-state index is 4.32. The molecule has 100 valence electrons. The molecule has 4 nitrogen and oxygen atoms in total. The van der Waals surface area contributed by atoms with Crippen molar-refractivity contribution in [2.24, 2.45) is 9.98 Å². The molecule has 0 aromatic heterocycles. The molecule has 1 heterocycles. The third-order valence-corrected chi connectivity index (χ3v) is 4.43. The Morgan fingerprint density at radius 3 is 2.94 bits per heavy atom. The minimum atomic E-state index is 0.419. The molecule has 1 saturated carbocycles. The SMILES string of the molecule is C=N/C(=C\C=N/CNSC1CC1)C1CCCN1C. The fourth-order valence-corrected chi connectivity index (χ4v) is 2.87. The number of nitrogens with one attached hydrogen (secondary N) is 1. The van der Waals surface area contributed by atoms with E-state index in [2.05, 4.69) is 33.4 Å². The van der Waals surface area contributed by atoms with Crippen LogP contribution >= 0.6 is 11.9 Å². The molecule has 1 unspecified atom stereocenters. The second-order valence-electron chi connectivity index (χ2n) is 4.84. The highest BCUT2D eigenvalue weighted by Gasteiger charge is 2.23. The van der Waals surface area contributed by atoms with Gasteiger partial charge in [-0.15, -0.1) is 0 Å². The Morgan fingerprint density at radius 2 is 2.33 bits per heavy atom. The van der Waals surface area contributed by atoms with Crippen molar-refractivity contribution < 1.29 is 0 Å². The van der Waals surface area contributed by atoms with Gasteiger partial charge >= 0.3 is 0 Å². The highest BCUT2D eigenvalue weighted by atomic mass is 32.2. The van der Waals surface area contributed by atoms with Crippen LogP contribution in [-0.2, 0) is 0 Å². The highest BCUT2D eigenvalue weighted by molar-refractivity contribution is 7.98. The van der Waals surface area contributed by atoms with Crippen molar-refractivity contribution in [2.45, 2.75) is 37.0 Å². The van der Waals surface area contributed by atoms with Gasteiger partial charge in [0.05, 0.1) is 18.4 Å². The van der Waals surface area contributed by atoms with Crippen LogP contribution in [0.25, 0.3) is 0 Å². The standard InChI is InChI=1S/C13H22N4S/c1-14-12(13-4-3-9-17(13)2)7-8-15-10-16-18-11-5-6-11/h7-8,11,13,16H,1,3-6,9-10H2,2H3/b12-7-,15-8-. The van der Waals surface area contributed by atoms with E-state index in [1.165, 1.54) is 25.7 Å². The van der Waals surface area contributed by atoms with E-state index >= 15 is 0 Å². The van der Waals surface area contributed by atoms with Gasteiger partial charge < -0.3 is 0 Å². The molecule has 18 heavy (non-hydrogen) atoms. The number of nitrogens with zero attached hydrogens (tertiary/aromatic N) is 3. The average molecular weight is 266 g/mol. The zero-order valence-electron chi connectivity index (χ0n) is 11.0. The van der Waals surface area contributed by atoms with Crippen LogP contribution in [-0.4, -0.2) is 49.4 Å². The number of likely N-dealkylation sites (N-methyl/N-ethyl adjacent to an activating group) is 1. The van der Waals surface area contributed by atoms with Crippen molar-refractivity contribution in [3.8, 4) is 0 Å². The van der Waals surface area contributed by atoms with Crippen LogP contribution in [0.2, 0.25) is 0 Å². The maximum atomic E-state index is 4.32. The van der Waals surface area contributed by atoms with E-state index in [0.29, 0.717) is 12.7 Å². The number of likely N-dealkylation sites (tertiary alicyclic amines) is 1. The lowest BCUT2D eigenvalue weighted by Gasteiger charge is -2.19. The van der Waals surface area contributed by atoms with E-state index in [0.717, 1.165) is 17.5 Å². The fraction of sp³-hybridized carbons (Fsp3) is 0.692. The quantitative estimate of drug-likeness (QED) is 0.436.